The van der Waals surface area contributed by atoms with Crippen LogP contribution >= 0.6 is 0 Å². The SMILES string of the molecule is COCC(=O)OCCCNCc1ccccc1. The highest BCUT2D eigenvalue weighted by Gasteiger charge is 1.99. The third-order valence-corrected chi connectivity index (χ3v) is 2.20. The molecule has 0 radical (unpaired) electrons. The van der Waals surface area contributed by atoms with Gasteiger partial charge in [0.05, 0.1) is 6.61 Å². The molecule has 0 amide bonds. The van der Waals surface area contributed by atoms with Gasteiger partial charge in [-0.1, -0.05) is 30.3 Å². The quantitative estimate of drug-likeness (QED) is 0.548. The fraction of sp³-hybridized carbons (Fsp3) is 0.462. The second-order valence-electron chi connectivity index (χ2n) is 3.67. The van der Waals surface area contributed by atoms with Crippen molar-refractivity contribution in [1.29, 1.82) is 0 Å². The predicted octanol–water partition coefficient (Wildman–Crippen LogP) is 1.36. The molecule has 0 fully saturated rings. The molecule has 0 aliphatic carbocycles. The van der Waals surface area contributed by atoms with Crippen LogP contribution in [0.5, 0.6) is 0 Å². The van der Waals surface area contributed by atoms with Crippen molar-refractivity contribution in [1.82, 2.24) is 5.32 Å². The minimum atomic E-state index is -0.310. The van der Waals surface area contributed by atoms with Crippen LogP contribution in [0.4, 0.5) is 0 Å². The van der Waals surface area contributed by atoms with E-state index < -0.39 is 0 Å². The summed E-state index contributed by atoms with van der Waals surface area (Å²) in [6.45, 7) is 2.13. The molecule has 0 aliphatic heterocycles. The summed E-state index contributed by atoms with van der Waals surface area (Å²) in [7, 11) is 1.47. The third kappa shape index (κ3) is 6.71. The number of hydrogen-bond acceptors (Lipinski definition) is 4. The van der Waals surface area contributed by atoms with Gasteiger partial charge in [0.15, 0.2) is 0 Å². The number of methoxy groups -OCH3 is 1. The minimum absolute atomic E-state index is 0.0252. The average Bonchev–Trinajstić information content (AvgIpc) is 2.35. The molecule has 0 atom stereocenters. The van der Waals surface area contributed by atoms with Gasteiger partial charge in [-0.25, -0.2) is 4.79 Å². The molecule has 1 aromatic rings. The van der Waals surface area contributed by atoms with Crippen molar-refractivity contribution in [2.75, 3.05) is 26.9 Å². The number of ether oxygens (including phenoxy) is 2. The highest BCUT2D eigenvalue weighted by molar-refractivity contribution is 5.70. The Kier molecular flexibility index (Phi) is 7.02. The first-order valence-corrected chi connectivity index (χ1v) is 5.72. The van der Waals surface area contributed by atoms with Crippen LogP contribution in [0.2, 0.25) is 0 Å². The van der Waals surface area contributed by atoms with Crippen LogP contribution in [-0.2, 0) is 20.8 Å². The van der Waals surface area contributed by atoms with Crippen molar-refractivity contribution in [3.05, 3.63) is 35.9 Å². The van der Waals surface area contributed by atoms with Gasteiger partial charge in [-0.3, -0.25) is 0 Å². The van der Waals surface area contributed by atoms with Crippen LogP contribution in [0.25, 0.3) is 0 Å². The predicted molar refractivity (Wildman–Crippen MR) is 65.6 cm³/mol. The lowest BCUT2D eigenvalue weighted by molar-refractivity contribution is -0.147. The molecule has 0 heterocycles. The number of carbonyl (C=O) groups excluding carboxylic acids is 1. The topological polar surface area (TPSA) is 47.6 Å². The molecule has 4 nitrogen and oxygen atoms in total. The van der Waals surface area contributed by atoms with Gasteiger partial charge in [-0.05, 0) is 18.5 Å². The van der Waals surface area contributed by atoms with Gasteiger partial charge >= 0.3 is 5.97 Å². The van der Waals surface area contributed by atoms with Gasteiger partial charge in [-0.2, -0.15) is 0 Å². The molecule has 0 aromatic heterocycles. The lowest BCUT2D eigenvalue weighted by atomic mass is 10.2. The molecule has 0 spiro atoms. The highest BCUT2D eigenvalue weighted by atomic mass is 16.6. The van der Waals surface area contributed by atoms with E-state index in [0.717, 1.165) is 19.5 Å². The molecule has 0 saturated carbocycles. The molecule has 94 valence electrons. The van der Waals surface area contributed by atoms with E-state index in [9.17, 15) is 4.79 Å². The summed E-state index contributed by atoms with van der Waals surface area (Å²) >= 11 is 0. The Balaban J connectivity index is 1.96. The summed E-state index contributed by atoms with van der Waals surface area (Å²) < 4.78 is 9.58. The van der Waals surface area contributed by atoms with Gasteiger partial charge in [0.1, 0.15) is 6.61 Å². The Hall–Kier alpha value is -1.39. The molecule has 1 rings (SSSR count). The van der Waals surface area contributed by atoms with Gasteiger partial charge < -0.3 is 14.8 Å². The second kappa shape index (κ2) is 8.73. The van der Waals surface area contributed by atoms with Crippen LogP contribution in [0, 0.1) is 0 Å². The van der Waals surface area contributed by atoms with E-state index in [1.165, 1.54) is 12.7 Å². The maximum atomic E-state index is 10.9. The molecule has 0 bridgehead atoms. The number of nitrogens with one attached hydrogen (secondary N) is 1. The largest absolute Gasteiger partial charge is 0.464 e. The lowest BCUT2D eigenvalue weighted by Gasteiger charge is -2.06. The zero-order valence-electron chi connectivity index (χ0n) is 10.1. The number of esters is 1. The van der Waals surface area contributed by atoms with E-state index >= 15 is 0 Å². The van der Waals surface area contributed by atoms with Gasteiger partial charge in [0.25, 0.3) is 0 Å². The summed E-state index contributed by atoms with van der Waals surface area (Å²) in [6, 6.07) is 10.2. The normalized spacial score (nSPS) is 10.2. The summed E-state index contributed by atoms with van der Waals surface area (Å²) in [5, 5.41) is 3.28. The van der Waals surface area contributed by atoms with Crippen molar-refractivity contribution in [2.45, 2.75) is 13.0 Å². The van der Waals surface area contributed by atoms with Gasteiger partial charge in [0, 0.05) is 13.7 Å². The molecule has 0 saturated heterocycles. The first-order valence-electron chi connectivity index (χ1n) is 5.72. The molecule has 1 aromatic carbocycles. The first kappa shape index (κ1) is 13.7. The van der Waals surface area contributed by atoms with E-state index in [0.29, 0.717) is 6.61 Å². The second-order valence-corrected chi connectivity index (χ2v) is 3.67. The maximum Gasteiger partial charge on any atom is 0.332 e. The maximum absolute atomic E-state index is 10.9. The first-order chi connectivity index (χ1) is 8.33. The van der Waals surface area contributed by atoms with Crippen molar-refractivity contribution >= 4 is 5.97 Å². The van der Waals surface area contributed by atoms with E-state index in [1.807, 2.05) is 18.2 Å². The summed E-state index contributed by atoms with van der Waals surface area (Å²) in [4.78, 5) is 10.9. The Morgan fingerprint density at radius 2 is 2.06 bits per heavy atom. The van der Waals surface area contributed by atoms with Gasteiger partial charge in [-0.15, -0.1) is 0 Å². The van der Waals surface area contributed by atoms with Gasteiger partial charge in [0.2, 0.25) is 0 Å². The van der Waals surface area contributed by atoms with Crippen molar-refractivity contribution in [2.24, 2.45) is 0 Å². The molecule has 17 heavy (non-hydrogen) atoms. The van der Waals surface area contributed by atoms with E-state index in [2.05, 4.69) is 22.2 Å². The summed E-state index contributed by atoms with van der Waals surface area (Å²) in [5.41, 5.74) is 1.25. The van der Waals surface area contributed by atoms with E-state index in [1.54, 1.807) is 0 Å². The number of rotatable bonds is 8. The Morgan fingerprint density at radius 1 is 1.29 bits per heavy atom. The zero-order valence-corrected chi connectivity index (χ0v) is 10.1. The Morgan fingerprint density at radius 3 is 2.76 bits per heavy atom. The number of hydrogen-bond donors (Lipinski definition) is 1. The lowest BCUT2D eigenvalue weighted by Crippen LogP contribution is -2.18. The highest BCUT2D eigenvalue weighted by Crippen LogP contribution is 1.96. The van der Waals surface area contributed by atoms with Crippen LogP contribution in [0.3, 0.4) is 0 Å². The fourth-order valence-electron chi connectivity index (χ4n) is 1.37. The monoisotopic (exact) mass is 237 g/mol. The van der Waals surface area contributed by atoms with E-state index in [-0.39, 0.29) is 12.6 Å². The molecular weight excluding hydrogens is 218 g/mol. The average molecular weight is 237 g/mol. The molecule has 0 aliphatic rings. The molecule has 0 unspecified atom stereocenters. The number of benzene rings is 1. The van der Waals surface area contributed by atoms with Crippen molar-refractivity contribution in [3.63, 3.8) is 0 Å². The minimum Gasteiger partial charge on any atom is -0.464 e. The fourth-order valence-corrected chi connectivity index (χ4v) is 1.37. The zero-order chi connectivity index (χ0) is 12.3. The molecule has 4 heteroatoms. The summed E-state index contributed by atoms with van der Waals surface area (Å²) in [6.07, 6.45) is 0.808. The molecular formula is C13H19NO3. The summed E-state index contributed by atoms with van der Waals surface area (Å²) in [5.74, 6) is -0.310. The number of carbonyl (C=O) groups is 1. The van der Waals surface area contributed by atoms with Crippen LogP contribution < -0.4 is 5.32 Å². The van der Waals surface area contributed by atoms with Crippen LogP contribution in [0.15, 0.2) is 30.3 Å². The smallest absolute Gasteiger partial charge is 0.332 e. The van der Waals surface area contributed by atoms with Crippen LogP contribution in [0.1, 0.15) is 12.0 Å². The van der Waals surface area contributed by atoms with Crippen LogP contribution in [-0.4, -0.2) is 32.8 Å². The molecule has 1 N–H and O–H groups in total. The van der Waals surface area contributed by atoms with Crippen molar-refractivity contribution < 1.29 is 14.3 Å². The Bertz CT molecular complexity index is 314. The third-order valence-electron chi connectivity index (χ3n) is 2.20. The Labute approximate surface area is 102 Å². The van der Waals surface area contributed by atoms with E-state index in [4.69, 9.17) is 4.74 Å². The standard InChI is InChI=1S/C13H19NO3/c1-16-11-13(15)17-9-5-8-14-10-12-6-3-2-4-7-12/h2-4,6-7,14H,5,8-11H2,1H3. The van der Waals surface area contributed by atoms with Crippen molar-refractivity contribution in [3.8, 4) is 0 Å².